The lowest BCUT2D eigenvalue weighted by atomic mass is 10.2. The molecule has 0 bridgehead atoms. The van der Waals surface area contributed by atoms with Crippen molar-refractivity contribution in [2.45, 2.75) is 30.7 Å². The van der Waals surface area contributed by atoms with E-state index in [2.05, 4.69) is 4.72 Å². The largest absolute Gasteiger partial charge is 0.240 e. The summed E-state index contributed by atoms with van der Waals surface area (Å²) in [4.78, 5) is 0.175. The summed E-state index contributed by atoms with van der Waals surface area (Å²) in [5, 5.41) is 0. The Hall–Kier alpha value is -0.920. The third kappa shape index (κ3) is 3.55. The second-order valence-corrected chi connectivity index (χ2v) is 8.66. The number of hydrogen-bond acceptors (Lipinski definition) is 4. The second-order valence-electron chi connectivity index (χ2n) is 4.72. The normalized spacial score (nSPS) is 22.5. The Morgan fingerprint density at radius 1 is 1.26 bits per heavy atom. The zero-order chi connectivity index (χ0) is 14.1. The minimum absolute atomic E-state index is 0.0506. The van der Waals surface area contributed by atoms with Crippen LogP contribution in [0, 0.1) is 0 Å². The molecule has 0 radical (unpaired) electrons. The van der Waals surface area contributed by atoms with E-state index in [0.29, 0.717) is 6.42 Å². The van der Waals surface area contributed by atoms with Gasteiger partial charge in [0.25, 0.3) is 0 Å². The Balaban J connectivity index is 2.14. The molecule has 1 heterocycles. The highest BCUT2D eigenvalue weighted by Crippen LogP contribution is 2.16. The molecule has 1 N–H and O–H groups in total. The van der Waals surface area contributed by atoms with Crippen LogP contribution in [0.25, 0.3) is 0 Å². The average molecular weight is 303 g/mol. The Morgan fingerprint density at radius 2 is 1.89 bits per heavy atom. The second kappa shape index (κ2) is 5.22. The first kappa shape index (κ1) is 14.5. The highest BCUT2D eigenvalue weighted by atomic mass is 32.2. The minimum Gasteiger partial charge on any atom is -0.229 e. The fourth-order valence-electron chi connectivity index (χ4n) is 2.08. The number of nitrogens with one attached hydrogen (secondary N) is 1. The molecule has 0 saturated carbocycles. The van der Waals surface area contributed by atoms with Crippen molar-refractivity contribution in [1.29, 1.82) is 0 Å². The maximum atomic E-state index is 12.1. The van der Waals surface area contributed by atoms with Gasteiger partial charge in [-0.15, -0.1) is 0 Å². The molecule has 0 aliphatic carbocycles. The molecular weight excluding hydrogens is 286 g/mol. The first-order valence-electron chi connectivity index (χ1n) is 6.14. The van der Waals surface area contributed by atoms with Gasteiger partial charge in [-0.2, -0.15) is 0 Å². The molecule has 1 aromatic carbocycles. The highest BCUT2D eigenvalue weighted by molar-refractivity contribution is 7.92. The monoisotopic (exact) mass is 303 g/mol. The number of rotatable bonds is 4. The number of hydrogen-bond donors (Lipinski definition) is 1. The van der Waals surface area contributed by atoms with E-state index < -0.39 is 25.9 Å². The fourth-order valence-corrected chi connectivity index (χ4v) is 5.13. The molecule has 2 rings (SSSR count). The molecule has 5 nitrogen and oxygen atoms in total. The zero-order valence-corrected chi connectivity index (χ0v) is 12.3. The predicted octanol–water partition coefficient (Wildman–Crippen LogP) is 0.714. The average Bonchev–Trinajstić information content (AvgIpc) is 2.68. The van der Waals surface area contributed by atoms with Crippen molar-refractivity contribution in [2.24, 2.45) is 0 Å². The van der Waals surface area contributed by atoms with E-state index in [1.807, 2.05) is 6.92 Å². The molecule has 7 heteroatoms. The molecule has 0 amide bonds. The number of benzene rings is 1. The first-order valence-corrected chi connectivity index (χ1v) is 9.44. The Bertz CT molecular complexity index is 647. The van der Waals surface area contributed by atoms with Crippen LogP contribution < -0.4 is 4.72 Å². The van der Waals surface area contributed by atoms with Crippen molar-refractivity contribution in [3.05, 3.63) is 29.8 Å². The van der Waals surface area contributed by atoms with Gasteiger partial charge in [0.2, 0.25) is 10.0 Å². The van der Waals surface area contributed by atoms with Crippen molar-refractivity contribution in [2.75, 3.05) is 11.5 Å². The number of aryl methyl sites for hydroxylation is 1. The van der Waals surface area contributed by atoms with Gasteiger partial charge >= 0.3 is 0 Å². The van der Waals surface area contributed by atoms with Crippen molar-refractivity contribution >= 4 is 19.9 Å². The van der Waals surface area contributed by atoms with E-state index in [4.69, 9.17) is 0 Å². The Morgan fingerprint density at radius 3 is 2.37 bits per heavy atom. The minimum atomic E-state index is -3.63. The summed E-state index contributed by atoms with van der Waals surface area (Å²) in [5.74, 6) is -0.0613. The fraction of sp³-hybridized carbons (Fsp3) is 0.500. The van der Waals surface area contributed by atoms with Gasteiger partial charge in [-0.25, -0.2) is 21.6 Å². The van der Waals surface area contributed by atoms with Crippen molar-refractivity contribution in [1.82, 2.24) is 4.72 Å². The van der Waals surface area contributed by atoms with E-state index >= 15 is 0 Å². The molecule has 0 aromatic heterocycles. The first-order chi connectivity index (χ1) is 8.82. The van der Waals surface area contributed by atoms with Crippen molar-refractivity contribution < 1.29 is 16.8 Å². The highest BCUT2D eigenvalue weighted by Gasteiger charge is 2.31. The molecule has 1 fully saturated rings. The standard InChI is InChI=1S/C12H17NO4S2/c1-2-10-3-5-12(6-4-10)19(16,17)13-11-7-8-18(14,15)9-11/h3-6,11,13H,2,7-9H2,1H3/t11-/m1/s1. The van der Waals surface area contributed by atoms with E-state index in [0.717, 1.165) is 12.0 Å². The van der Waals surface area contributed by atoms with Crippen LogP contribution in [-0.2, 0) is 26.3 Å². The van der Waals surface area contributed by atoms with Crippen LogP contribution >= 0.6 is 0 Å². The summed E-state index contributed by atoms with van der Waals surface area (Å²) in [7, 11) is -6.72. The summed E-state index contributed by atoms with van der Waals surface area (Å²) in [6, 6.07) is 6.11. The van der Waals surface area contributed by atoms with Gasteiger partial charge in [-0.3, -0.25) is 0 Å². The lowest BCUT2D eigenvalue weighted by Gasteiger charge is -2.11. The van der Waals surface area contributed by atoms with Crippen LogP contribution in [0.3, 0.4) is 0 Å². The molecular formula is C12H17NO4S2. The van der Waals surface area contributed by atoms with E-state index in [9.17, 15) is 16.8 Å². The number of sulfonamides is 1. The molecule has 106 valence electrons. The predicted molar refractivity (Wildman–Crippen MR) is 73.2 cm³/mol. The Kier molecular flexibility index (Phi) is 3.98. The van der Waals surface area contributed by atoms with Crippen LogP contribution in [0.2, 0.25) is 0 Å². The van der Waals surface area contributed by atoms with E-state index in [1.165, 1.54) is 0 Å². The third-order valence-electron chi connectivity index (χ3n) is 3.20. The molecule has 0 spiro atoms. The van der Waals surface area contributed by atoms with Crippen LogP contribution in [0.4, 0.5) is 0 Å². The maximum Gasteiger partial charge on any atom is 0.240 e. The molecule has 1 aliphatic rings. The summed E-state index contributed by atoms with van der Waals surface area (Å²) < 4.78 is 49.3. The maximum absolute atomic E-state index is 12.1. The van der Waals surface area contributed by atoms with E-state index in [-0.39, 0.29) is 16.4 Å². The van der Waals surface area contributed by atoms with Crippen molar-refractivity contribution in [3.63, 3.8) is 0 Å². The smallest absolute Gasteiger partial charge is 0.229 e. The number of sulfone groups is 1. The van der Waals surface area contributed by atoms with Gasteiger partial charge in [-0.1, -0.05) is 19.1 Å². The molecule has 1 aromatic rings. The summed E-state index contributed by atoms with van der Waals surface area (Å²) in [6.45, 7) is 1.99. The van der Waals surface area contributed by atoms with Gasteiger partial charge in [0.15, 0.2) is 9.84 Å². The lowest BCUT2D eigenvalue weighted by Crippen LogP contribution is -2.35. The van der Waals surface area contributed by atoms with Crippen LogP contribution in [0.5, 0.6) is 0 Å². The summed E-state index contributed by atoms with van der Waals surface area (Å²) >= 11 is 0. The zero-order valence-electron chi connectivity index (χ0n) is 10.7. The molecule has 1 atom stereocenters. The van der Waals surface area contributed by atoms with Gasteiger partial charge in [0, 0.05) is 6.04 Å². The summed E-state index contributed by atoms with van der Waals surface area (Å²) in [5.41, 5.74) is 1.06. The lowest BCUT2D eigenvalue weighted by molar-refractivity contribution is 0.562. The van der Waals surface area contributed by atoms with Gasteiger partial charge in [-0.05, 0) is 30.5 Å². The van der Waals surface area contributed by atoms with Crippen molar-refractivity contribution in [3.8, 4) is 0 Å². The molecule has 1 saturated heterocycles. The van der Waals surface area contributed by atoms with Crippen LogP contribution in [0.1, 0.15) is 18.9 Å². The molecule has 1 aliphatic heterocycles. The molecule has 0 unspecified atom stereocenters. The van der Waals surface area contributed by atoms with Gasteiger partial charge in [0.05, 0.1) is 16.4 Å². The van der Waals surface area contributed by atoms with Crippen LogP contribution in [-0.4, -0.2) is 34.4 Å². The van der Waals surface area contributed by atoms with Gasteiger partial charge < -0.3 is 0 Å². The van der Waals surface area contributed by atoms with Gasteiger partial charge in [0.1, 0.15) is 0 Å². The third-order valence-corrected chi connectivity index (χ3v) is 6.50. The quantitative estimate of drug-likeness (QED) is 0.888. The topological polar surface area (TPSA) is 80.3 Å². The van der Waals surface area contributed by atoms with E-state index in [1.54, 1.807) is 24.3 Å². The summed E-state index contributed by atoms with van der Waals surface area (Å²) in [6.07, 6.45) is 1.18. The Labute approximate surface area is 114 Å². The SMILES string of the molecule is CCc1ccc(S(=O)(=O)N[C@@H]2CCS(=O)(=O)C2)cc1. The molecule has 19 heavy (non-hydrogen) atoms. The van der Waals surface area contributed by atoms with Crippen LogP contribution in [0.15, 0.2) is 29.2 Å².